The summed E-state index contributed by atoms with van der Waals surface area (Å²) in [5.41, 5.74) is 2.39. The zero-order valence-electron chi connectivity index (χ0n) is 15.9. The molecular weight excluding hydrogens is 340 g/mol. The summed E-state index contributed by atoms with van der Waals surface area (Å²) in [5, 5.41) is 7.63. The number of rotatable bonds is 3. The highest BCUT2D eigenvalue weighted by molar-refractivity contribution is 5.75. The number of amides is 2. The quantitative estimate of drug-likeness (QED) is 0.898. The second-order valence-corrected chi connectivity index (χ2v) is 7.36. The minimum atomic E-state index is 0.0236. The lowest BCUT2D eigenvalue weighted by Crippen LogP contribution is -2.45. The number of ether oxygens (including phenoxy) is 1. The van der Waals surface area contributed by atoms with E-state index in [0.29, 0.717) is 12.5 Å². The Morgan fingerprint density at radius 1 is 1.22 bits per heavy atom. The predicted molar refractivity (Wildman–Crippen MR) is 104 cm³/mol. The minimum Gasteiger partial charge on any atom is -0.493 e. The van der Waals surface area contributed by atoms with Crippen molar-refractivity contribution in [1.29, 1.82) is 0 Å². The Balaban J connectivity index is 1.37. The van der Waals surface area contributed by atoms with Crippen LogP contribution in [0.4, 0.5) is 4.79 Å². The van der Waals surface area contributed by atoms with Gasteiger partial charge in [0.15, 0.2) is 0 Å². The topological polar surface area (TPSA) is 59.4 Å². The second kappa shape index (κ2) is 8.03. The Labute approximate surface area is 160 Å². The van der Waals surface area contributed by atoms with E-state index in [1.807, 2.05) is 29.3 Å². The first-order chi connectivity index (χ1) is 13.3. The molecular formula is C21H28N4O2. The van der Waals surface area contributed by atoms with Crippen LogP contribution in [0.1, 0.15) is 55.8 Å². The molecule has 2 aliphatic heterocycles. The first kappa shape index (κ1) is 17.9. The molecule has 0 radical (unpaired) electrons. The number of piperidine rings is 1. The molecule has 1 fully saturated rings. The summed E-state index contributed by atoms with van der Waals surface area (Å²) in [6, 6.07) is 10.2. The number of carbonyl (C=O) groups is 1. The van der Waals surface area contributed by atoms with E-state index in [1.54, 1.807) is 0 Å². The third-order valence-corrected chi connectivity index (χ3v) is 5.74. The number of nitrogens with one attached hydrogen (secondary N) is 1. The van der Waals surface area contributed by atoms with Gasteiger partial charge in [-0.05, 0) is 44.7 Å². The van der Waals surface area contributed by atoms with Crippen molar-refractivity contribution in [3.8, 4) is 5.75 Å². The molecule has 0 aliphatic carbocycles. The van der Waals surface area contributed by atoms with Gasteiger partial charge in [-0.3, -0.25) is 4.68 Å². The van der Waals surface area contributed by atoms with Crippen LogP contribution in [-0.4, -0.2) is 40.4 Å². The molecule has 1 N–H and O–H groups in total. The van der Waals surface area contributed by atoms with Crippen molar-refractivity contribution in [2.24, 2.45) is 0 Å². The van der Waals surface area contributed by atoms with E-state index < -0.39 is 0 Å². The monoisotopic (exact) mass is 368 g/mol. The van der Waals surface area contributed by atoms with Crippen LogP contribution in [0.25, 0.3) is 0 Å². The molecule has 0 bridgehead atoms. The van der Waals surface area contributed by atoms with E-state index in [1.165, 1.54) is 5.69 Å². The first-order valence-electron chi connectivity index (χ1n) is 10.0. The Bertz CT molecular complexity index is 780. The van der Waals surface area contributed by atoms with Gasteiger partial charge in [0, 0.05) is 43.0 Å². The van der Waals surface area contributed by atoms with Crippen LogP contribution in [0, 0.1) is 0 Å². The molecule has 4 rings (SSSR count). The van der Waals surface area contributed by atoms with Crippen LogP contribution in [0.15, 0.2) is 36.5 Å². The maximum atomic E-state index is 12.9. The van der Waals surface area contributed by atoms with Crippen molar-refractivity contribution < 1.29 is 9.53 Å². The van der Waals surface area contributed by atoms with Gasteiger partial charge < -0.3 is 15.0 Å². The fourth-order valence-corrected chi connectivity index (χ4v) is 4.25. The highest BCUT2D eigenvalue weighted by Gasteiger charge is 2.28. The van der Waals surface area contributed by atoms with E-state index in [9.17, 15) is 4.79 Å². The molecule has 2 aromatic rings. The lowest BCUT2D eigenvalue weighted by molar-refractivity contribution is 0.176. The average Bonchev–Trinajstić information content (AvgIpc) is 3.10. The highest BCUT2D eigenvalue weighted by atomic mass is 16.5. The van der Waals surface area contributed by atoms with Crippen LogP contribution in [0.2, 0.25) is 0 Å². The molecule has 3 heterocycles. The van der Waals surface area contributed by atoms with Crippen molar-refractivity contribution in [3.63, 3.8) is 0 Å². The summed E-state index contributed by atoms with van der Waals surface area (Å²) in [5.74, 6) is 1.38. The maximum Gasteiger partial charge on any atom is 0.317 e. The van der Waals surface area contributed by atoms with Crippen LogP contribution in [0.3, 0.4) is 0 Å². The number of fused-ring (bicyclic) bond motifs is 1. The standard InChI is InChI=1S/C21H28N4O2/c1-2-25-19(9-12-22-25)16-10-13-24(14-11-16)21(26)23-18-7-5-15-27-20-8-4-3-6-17(18)20/h3-4,6,8-9,12,16,18H,2,5,7,10-11,13-15H2,1H3,(H,23,26). The van der Waals surface area contributed by atoms with Gasteiger partial charge in [0.05, 0.1) is 12.6 Å². The number of nitrogens with zero attached hydrogens (tertiary/aromatic N) is 3. The SMILES string of the molecule is CCn1nccc1C1CCN(C(=O)NC2CCCOc3ccccc32)CC1. The maximum absolute atomic E-state index is 12.9. The van der Waals surface area contributed by atoms with Gasteiger partial charge >= 0.3 is 6.03 Å². The summed E-state index contributed by atoms with van der Waals surface area (Å²) in [6.07, 6.45) is 5.72. The molecule has 27 heavy (non-hydrogen) atoms. The van der Waals surface area contributed by atoms with E-state index in [-0.39, 0.29) is 12.1 Å². The number of aryl methyl sites for hydroxylation is 1. The zero-order valence-corrected chi connectivity index (χ0v) is 15.9. The molecule has 1 atom stereocenters. The third-order valence-electron chi connectivity index (χ3n) is 5.74. The molecule has 6 heteroatoms. The summed E-state index contributed by atoms with van der Waals surface area (Å²) in [7, 11) is 0. The molecule has 1 aromatic carbocycles. The minimum absolute atomic E-state index is 0.0236. The smallest absolute Gasteiger partial charge is 0.317 e. The summed E-state index contributed by atoms with van der Waals surface area (Å²) in [4.78, 5) is 14.8. The van der Waals surface area contributed by atoms with Crippen molar-refractivity contribution >= 4 is 6.03 Å². The van der Waals surface area contributed by atoms with Crippen LogP contribution < -0.4 is 10.1 Å². The number of urea groups is 1. The molecule has 6 nitrogen and oxygen atoms in total. The number of likely N-dealkylation sites (tertiary alicyclic amines) is 1. The molecule has 1 unspecified atom stereocenters. The van der Waals surface area contributed by atoms with Gasteiger partial charge in [-0.25, -0.2) is 4.79 Å². The van der Waals surface area contributed by atoms with Crippen molar-refractivity contribution in [3.05, 3.63) is 47.8 Å². The molecule has 0 spiro atoms. The van der Waals surface area contributed by atoms with Crippen molar-refractivity contribution in [1.82, 2.24) is 20.0 Å². The lowest BCUT2D eigenvalue weighted by atomic mass is 9.93. The highest BCUT2D eigenvalue weighted by Crippen LogP contribution is 2.32. The van der Waals surface area contributed by atoms with E-state index in [2.05, 4.69) is 34.2 Å². The molecule has 0 saturated carbocycles. The fraction of sp³-hybridized carbons (Fsp3) is 0.524. The Morgan fingerprint density at radius 2 is 2.04 bits per heavy atom. The van der Waals surface area contributed by atoms with Crippen LogP contribution in [-0.2, 0) is 6.54 Å². The van der Waals surface area contributed by atoms with Crippen LogP contribution >= 0.6 is 0 Å². The zero-order chi connectivity index (χ0) is 18.6. The van der Waals surface area contributed by atoms with E-state index in [0.717, 1.165) is 56.6 Å². The molecule has 2 amide bonds. The number of hydrogen-bond acceptors (Lipinski definition) is 3. The number of hydrogen-bond donors (Lipinski definition) is 1. The summed E-state index contributed by atoms with van der Waals surface area (Å²) in [6.45, 7) is 5.30. The number of carbonyl (C=O) groups excluding carboxylic acids is 1. The van der Waals surface area contributed by atoms with Gasteiger partial charge in [-0.2, -0.15) is 5.10 Å². The van der Waals surface area contributed by atoms with E-state index >= 15 is 0 Å². The first-order valence-corrected chi connectivity index (χ1v) is 10.0. The molecule has 1 saturated heterocycles. The Hall–Kier alpha value is -2.50. The predicted octanol–water partition coefficient (Wildman–Crippen LogP) is 3.71. The fourth-order valence-electron chi connectivity index (χ4n) is 4.25. The summed E-state index contributed by atoms with van der Waals surface area (Å²) >= 11 is 0. The van der Waals surface area contributed by atoms with Crippen molar-refractivity contribution in [2.45, 2.75) is 51.1 Å². The largest absolute Gasteiger partial charge is 0.493 e. The van der Waals surface area contributed by atoms with Gasteiger partial charge in [-0.1, -0.05) is 18.2 Å². The Morgan fingerprint density at radius 3 is 2.85 bits per heavy atom. The lowest BCUT2D eigenvalue weighted by Gasteiger charge is -2.33. The number of para-hydroxylation sites is 1. The number of benzene rings is 1. The van der Waals surface area contributed by atoms with Crippen LogP contribution in [0.5, 0.6) is 5.75 Å². The van der Waals surface area contributed by atoms with E-state index in [4.69, 9.17) is 4.74 Å². The third kappa shape index (κ3) is 3.80. The van der Waals surface area contributed by atoms with Gasteiger partial charge in [0.25, 0.3) is 0 Å². The molecule has 2 aliphatic rings. The number of aromatic nitrogens is 2. The van der Waals surface area contributed by atoms with Gasteiger partial charge in [0.2, 0.25) is 0 Å². The summed E-state index contributed by atoms with van der Waals surface area (Å²) < 4.78 is 7.88. The van der Waals surface area contributed by atoms with Gasteiger partial charge in [-0.15, -0.1) is 0 Å². The second-order valence-electron chi connectivity index (χ2n) is 7.36. The Kier molecular flexibility index (Phi) is 5.32. The molecule has 1 aromatic heterocycles. The van der Waals surface area contributed by atoms with Crippen molar-refractivity contribution in [2.75, 3.05) is 19.7 Å². The normalized spacial score (nSPS) is 20.5. The van der Waals surface area contributed by atoms with Gasteiger partial charge in [0.1, 0.15) is 5.75 Å². The molecule has 144 valence electrons. The average molecular weight is 368 g/mol.